The lowest BCUT2D eigenvalue weighted by atomic mass is 10.1. The summed E-state index contributed by atoms with van der Waals surface area (Å²) < 4.78 is 1.65. The van der Waals surface area contributed by atoms with E-state index in [1.54, 1.807) is 4.57 Å². The molecule has 0 bridgehead atoms. The van der Waals surface area contributed by atoms with Gasteiger partial charge in [-0.3, -0.25) is 4.57 Å². The molecule has 6 heteroatoms. The second-order valence-electron chi connectivity index (χ2n) is 5.03. The van der Waals surface area contributed by atoms with Crippen molar-refractivity contribution in [3.8, 4) is 0 Å². The SMILES string of the molecule is Cc1ccc(C(CN)Sc2n[nH]c(=O)n2C(C)C)cc1. The van der Waals surface area contributed by atoms with Gasteiger partial charge in [-0.05, 0) is 26.3 Å². The first-order chi connectivity index (χ1) is 9.52. The molecule has 0 amide bonds. The van der Waals surface area contributed by atoms with E-state index in [0.717, 1.165) is 5.56 Å². The smallest absolute Gasteiger partial charge is 0.329 e. The molecule has 0 fully saturated rings. The topological polar surface area (TPSA) is 76.7 Å². The number of aromatic amines is 1. The lowest BCUT2D eigenvalue weighted by Gasteiger charge is -2.16. The fraction of sp³-hybridized carbons (Fsp3) is 0.429. The highest BCUT2D eigenvalue weighted by molar-refractivity contribution is 7.99. The summed E-state index contributed by atoms with van der Waals surface area (Å²) in [5.41, 5.74) is 8.06. The Hall–Kier alpha value is -1.53. The number of H-pyrrole nitrogens is 1. The highest BCUT2D eigenvalue weighted by atomic mass is 32.2. The summed E-state index contributed by atoms with van der Waals surface area (Å²) in [5, 5.41) is 7.37. The molecule has 0 spiro atoms. The number of benzene rings is 1. The maximum absolute atomic E-state index is 11.7. The van der Waals surface area contributed by atoms with Gasteiger partial charge in [0.15, 0.2) is 5.16 Å². The normalized spacial score (nSPS) is 12.8. The molecule has 1 unspecified atom stereocenters. The van der Waals surface area contributed by atoms with Gasteiger partial charge in [-0.25, -0.2) is 9.89 Å². The van der Waals surface area contributed by atoms with Crippen molar-refractivity contribution in [2.24, 2.45) is 5.73 Å². The largest absolute Gasteiger partial charge is 0.344 e. The van der Waals surface area contributed by atoms with Gasteiger partial charge >= 0.3 is 5.69 Å². The average Bonchev–Trinajstić information content (AvgIpc) is 2.78. The van der Waals surface area contributed by atoms with Crippen LogP contribution in [0.2, 0.25) is 0 Å². The number of nitrogens with two attached hydrogens (primary N) is 1. The quantitative estimate of drug-likeness (QED) is 0.829. The maximum atomic E-state index is 11.7. The van der Waals surface area contributed by atoms with Crippen molar-refractivity contribution >= 4 is 11.8 Å². The van der Waals surface area contributed by atoms with Gasteiger partial charge in [0.2, 0.25) is 0 Å². The van der Waals surface area contributed by atoms with Gasteiger partial charge < -0.3 is 5.73 Å². The Labute approximate surface area is 122 Å². The Morgan fingerprint density at radius 1 is 1.35 bits per heavy atom. The predicted octanol–water partition coefficient (Wildman–Crippen LogP) is 2.25. The van der Waals surface area contributed by atoms with Crippen LogP contribution in [-0.4, -0.2) is 21.3 Å². The van der Waals surface area contributed by atoms with E-state index >= 15 is 0 Å². The third-order valence-corrected chi connectivity index (χ3v) is 4.35. The molecule has 2 aromatic rings. The second kappa shape index (κ2) is 6.28. The zero-order valence-corrected chi connectivity index (χ0v) is 12.8. The van der Waals surface area contributed by atoms with Crippen LogP contribution in [-0.2, 0) is 0 Å². The molecule has 1 atom stereocenters. The average molecular weight is 292 g/mol. The highest BCUT2D eigenvalue weighted by Gasteiger charge is 2.18. The Morgan fingerprint density at radius 2 is 2.00 bits per heavy atom. The van der Waals surface area contributed by atoms with E-state index < -0.39 is 0 Å². The van der Waals surface area contributed by atoms with Gasteiger partial charge in [0.05, 0.1) is 0 Å². The van der Waals surface area contributed by atoms with E-state index in [4.69, 9.17) is 5.73 Å². The summed E-state index contributed by atoms with van der Waals surface area (Å²) >= 11 is 1.52. The van der Waals surface area contributed by atoms with Crippen LogP contribution in [0.25, 0.3) is 0 Å². The number of hydrogen-bond donors (Lipinski definition) is 2. The molecule has 1 aromatic carbocycles. The molecule has 1 heterocycles. The number of rotatable bonds is 5. The van der Waals surface area contributed by atoms with Crippen molar-refractivity contribution < 1.29 is 0 Å². The Kier molecular flexibility index (Phi) is 4.67. The summed E-state index contributed by atoms with van der Waals surface area (Å²) in [7, 11) is 0. The molecule has 1 aromatic heterocycles. The van der Waals surface area contributed by atoms with Crippen LogP contribution in [0.15, 0.2) is 34.2 Å². The van der Waals surface area contributed by atoms with Crippen molar-refractivity contribution in [2.75, 3.05) is 6.54 Å². The van der Waals surface area contributed by atoms with Crippen LogP contribution >= 0.6 is 11.8 Å². The van der Waals surface area contributed by atoms with Crippen LogP contribution in [0.1, 0.15) is 36.3 Å². The molecule has 0 saturated heterocycles. The number of aryl methyl sites for hydroxylation is 1. The van der Waals surface area contributed by atoms with Gasteiger partial charge in [-0.2, -0.15) is 0 Å². The molecule has 3 N–H and O–H groups in total. The number of nitrogens with one attached hydrogen (secondary N) is 1. The first kappa shape index (κ1) is 14.9. The van der Waals surface area contributed by atoms with E-state index in [1.807, 2.05) is 13.8 Å². The summed E-state index contributed by atoms with van der Waals surface area (Å²) in [6.45, 7) is 6.47. The first-order valence-electron chi connectivity index (χ1n) is 6.63. The third-order valence-electron chi connectivity index (χ3n) is 3.10. The van der Waals surface area contributed by atoms with Gasteiger partial charge in [0.1, 0.15) is 0 Å². The monoisotopic (exact) mass is 292 g/mol. The summed E-state index contributed by atoms with van der Waals surface area (Å²) in [4.78, 5) is 11.7. The van der Waals surface area contributed by atoms with Crippen molar-refractivity contribution in [1.82, 2.24) is 14.8 Å². The van der Waals surface area contributed by atoms with E-state index in [-0.39, 0.29) is 17.0 Å². The standard InChI is InChI=1S/C14H20N4OS/c1-9(2)18-13(19)16-17-14(18)20-12(8-15)11-6-4-10(3)5-7-11/h4-7,9,12H,8,15H2,1-3H3,(H,16,19). The van der Waals surface area contributed by atoms with Crippen molar-refractivity contribution in [3.05, 3.63) is 45.9 Å². The number of thioether (sulfide) groups is 1. The zero-order valence-electron chi connectivity index (χ0n) is 12.0. The van der Waals surface area contributed by atoms with Gasteiger partial charge in [-0.1, -0.05) is 41.6 Å². The fourth-order valence-electron chi connectivity index (χ4n) is 1.99. The summed E-state index contributed by atoms with van der Waals surface area (Å²) in [5.74, 6) is 0. The van der Waals surface area contributed by atoms with Crippen molar-refractivity contribution in [2.45, 2.75) is 37.2 Å². The summed E-state index contributed by atoms with van der Waals surface area (Å²) in [6, 6.07) is 8.35. The maximum Gasteiger partial charge on any atom is 0.344 e. The Bertz CT molecular complexity index is 615. The molecule has 0 radical (unpaired) electrons. The minimum atomic E-state index is -0.179. The molecule has 108 valence electrons. The molecule has 0 aliphatic heterocycles. The van der Waals surface area contributed by atoms with Crippen LogP contribution in [0, 0.1) is 6.92 Å². The zero-order chi connectivity index (χ0) is 14.7. The molecule has 5 nitrogen and oxygen atoms in total. The van der Waals surface area contributed by atoms with Crippen molar-refractivity contribution in [3.63, 3.8) is 0 Å². The molecule has 0 aliphatic rings. The number of nitrogens with zero attached hydrogens (tertiary/aromatic N) is 2. The van der Waals surface area contributed by atoms with Gasteiger partial charge in [0, 0.05) is 17.8 Å². The van der Waals surface area contributed by atoms with E-state index in [9.17, 15) is 4.79 Å². The van der Waals surface area contributed by atoms with Gasteiger partial charge in [0.25, 0.3) is 0 Å². The molecule has 0 aliphatic carbocycles. The number of hydrogen-bond acceptors (Lipinski definition) is 4. The van der Waals surface area contributed by atoms with E-state index in [2.05, 4.69) is 41.4 Å². The fourth-order valence-corrected chi connectivity index (χ4v) is 3.14. The van der Waals surface area contributed by atoms with E-state index in [1.165, 1.54) is 17.3 Å². The number of aromatic nitrogens is 3. The van der Waals surface area contributed by atoms with Crippen LogP contribution in [0.5, 0.6) is 0 Å². The highest BCUT2D eigenvalue weighted by Crippen LogP contribution is 2.33. The minimum absolute atomic E-state index is 0.0696. The summed E-state index contributed by atoms with van der Waals surface area (Å²) in [6.07, 6.45) is 0. The van der Waals surface area contributed by atoms with Crippen LogP contribution < -0.4 is 11.4 Å². The van der Waals surface area contributed by atoms with Gasteiger partial charge in [-0.15, -0.1) is 5.10 Å². The van der Waals surface area contributed by atoms with Crippen LogP contribution in [0.4, 0.5) is 0 Å². The van der Waals surface area contributed by atoms with E-state index in [0.29, 0.717) is 11.7 Å². The molecular weight excluding hydrogens is 272 g/mol. The van der Waals surface area contributed by atoms with Crippen molar-refractivity contribution in [1.29, 1.82) is 0 Å². The second-order valence-corrected chi connectivity index (χ2v) is 6.20. The lowest BCUT2D eigenvalue weighted by molar-refractivity contribution is 0.533. The molecule has 2 rings (SSSR count). The minimum Gasteiger partial charge on any atom is -0.329 e. The first-order valence-corrected chi connectivity index (χ1v) is 7.51. The molecule has 0 saturated carbocycles. The Balaban J connectivity index is 2.27. The Morgan fingerprint density at radius 3 is 2.55 bits per heavy atom. The molecule has 20 heavy (non-hydrogen) atoms. The third kappa shape index (κ3) is 3.13. The predicted molar refractivity (Wildman–Crippen MR) is 82.1 cm³/mol. The van der Waals surface area contributed by atoms with Crippen LogP contribution in [0.3, 0.4) is 0 Å². The lowest BCUT2D eigenvalue weighted by Crippen LogP contribution is -2.20. The molecular formula is C14H20N4OS.